The number of aliphatic imine (C=N–C) groups is 1. The highest BCUT2D eigenvalue weighted by Gasteiger charge is 2.66. The summed E-state index contributed by atoms with van der Waals surface area (Å²) in [5.41, 5.74) is 0.544. The van der Waals surface area contributed by atoms with E-state index in [2.05, 4.69) is 29.5 Å². The molecule has 2 N–H and O–H groups in total. The summed E-state index contributed by atoms with van der Waals surface area (Å²) < 4.78 is 11.6. The molecular weight excluding hydrogens is 417 g/mol. The van der Waals surface area contributed by atoms with Crippen LogP contribution in [0.5, 0.6) is 0 Å². The van der Waals surface area contributed by atoms with Crippen molar-refractivity contribution in [3.8, 4) is 0 Å². The number of halogens is 1. The van der Waals surface area contributed by atoms with Gasteiger partial charge in [0.05, 0.1) is 12.2 Å². The third-order valence-electron chi connectivity index (χ3n) is 7.33. The number of ether oxygens (including phenoxy) is 2. The molecule has 5 nitrogen and oxygen atoms in total. The molecule has 4 fully saturated rings. The van der Waals surface area contributed by atoms with Crippen LogP contribution in [0.25, 0.3) is 0 Å². The Labute approximate surface area is 162 Å². The molecule has 0 aromatic carbocycles. The summed E-state index contributed by atoms with van der Waals surface area (Å²) in [5.74, 6) is 1.63. The van der Waals surface area contributed by atoms with Gasteiger partial charge in [-0.1, -0.05) is 20.3 Å². The zero-order chi connectivity index (χ0) is 16.2. The Morgan fingerprint density at radius 2 is 2.00 bits per heavy atom. The normalized spacial score (nSPS) is 41.3. The van der Waals surface area contributed by atoms with Crippen molar-refractivity contribution in [1.82, 2.24) is 10.6 Å². The first-order chi connectivity index (χ1) is 11.0. The Bertz CT molecular complexity index is 506. The van der Waals surface area contributed by atoms with Gasteiger partial charge in [-0.2, -0.15) is 0 Å². The van der Waals surface area contributed by atoms with Crippen molar-refractivity contribution >= 4 is 29.9 Å². The lowest BCUT2D eigenvalue weighted by atomic mass is 9.46. The summed E-state index contributed by atoms with van der Waals surface area (Å²) in [6.45, 7) is 5.48. The number of hydrogen-bond donors (Lipinski definition) is 2. The number of methoxy groups -OCH3 is 1. The summed E-state index contributed by atoms with van der Waals surface area (Å²) >= 11 is 0. The predicted molar refractivity (Wildman–Crippen MR) is 106 cm³/mol. The minimum atomic E-state index is 0. The van der Waals surface area contributed by atoms with E-state index >= 15 is 0 Å². The molecule has 0 aromatic rings. The van der Waals surface area contributed by atoms with E-state index in [9.17, 15) is 0 Å². The SMILES string of the molecule is CN=C(NC1CC(OC)C1(C)C)NC1C2CCOC2C12CCC2.I. The summed E-state index contributed by atoms with van der Waals surface area (Å²) in [5, 5.41) is 7.40. The van der Waals surface area contributed by atoms with Crippen molar-refractivity contribution < 1.29 is 9.47 Å². The maximum Gasteiger partial charge on any atom is 0.191 e. The van der Waals surface area contributed by atoms with Crippen molar-refractivity contribution in [2.24, 2.45) is 21.7 Å². The minimum absolute atomic E-state index is 0. The van der Waals surface area contributed by atoms with Gasteiger partial charge in [-0.15, -0.1) is 24.0 Å². The highest BCUT2D eigenvalue weighted by Crippen LogP contribution is 2.62. The van der Waals surface area contributed by atoms with Crippen molar-refractivity contribution in [3.05, 3.63) is 0 Å². The predicted octanol–water partition coefficient (Wildman–Crippen LogP) is 2.54. The summed E-state index contributed by atoms with van der Waals surface area (Å²) in [6, 6.07) is 0.961. The van der Waals surface area contributed by atoms with Gasteiger partial charge in [-0.3, -0.25) is 4.99 Å². The minimum Gasteiger partial charge on any atom is -0.381 e. The molecule has 6 heteroatoms. The number of nitrogens with one attached hydrogen (secondary N) is 2. The van der Waals surface area contributed by atoms with Crippen molar-refractivity contribution in [2.75, 3.05) is 20.8 Å². The highest BCUT2D eigenvalue weighted by molar-refractivity contribution is 14.0. The fraction of sp³-hybridized carbons (Fsp3) is 0.944. The second-order valence-electron chi connectivity index (χ2n) is 8.50. The van der Waals surface area contributed by atoms with E-state index in [0.29, 0.717) is 35.6 Å². The zero-order valence-corrected chi connectivity index (χ0v) is 17.6. The molecule has 138 valence electrons. The van der Waals surface area contributed by atoms with E-state index in [4.69, 9.17) is 9.47 Å². The second-order valence-corrected chi connectivity index (χ2v) is 8.50. The molecule has 1 heterocycles. The van der Waals surface area contributed by atoms with Crippen LogP contribution in [0.15, 0.2) is 4.99 Å². The monoisotopic (exact) mass is 449 g/mol. The van der Waals surface area contributed by atoms with E-state index in [1.807, 2.05) is 14.2 Å². The molecule has 0 radical (unpaired) electrons. The van der Waals surface area contributed by atoms with Gasteiger partial charge in [-0.05, 0) is 25.7 Å². The van der Waals surface area contributed by atoms with Gasteiger partial charge < -0.3 is 20.1 Å². The Morgan fingerprint density at radius 3 is 2.54 bits per heavy atom. The molecule has 4 rings (SSSR count). The van der Waals surface area contributed by atoms with E-state index < -0.39 is 0 Å². The van der Waals surface area contributed by atoms with Gasteiger partial charge in [0.2, 0.25) is 0 Å². The number of fused-ring (bicyclic) bond motifs is 2. The summed E-state index contributed by atoms with van der Waals surface area (Å²) in [6.07, 6.45) is 7.06. The first kappa shape index (κ1) is 18.7. The Balaban J connectivity index is 0.00000169. The molecule has 0 amide bonds. The Hall–Kier alpha value is -0.0800. The van der Waals surface area contributed by atoms with Crippen LogP contribution in [-0.4, -0.2) is 51.0 Å². The van der Waals surface area contributed by atoms with Crippen LogP contribution in [0.4, 0.5) is 0 Å². The molecule has 5 unspecified atom stereocenters. The molecule has 0 bridgehead atoms. The maximum atomic E-state index is 6.01. The fourth-order valence-corrected chi connectivity index (χ4v) is 5.47. The molecular formula is C18H32IN3O2. The van der Waals surface area contributed by atoms with Crippen LogP contribution < -0.4 is 10.6 Å². The number of guanidine groups is 1. The standard InChI is InChI=1S/C18H31N3O2.HI/c1-17(2)12(10-13(17)22-4)20-16(19-3)21-14-11-6-9-23-15(11)18(14)7-5-8-18;/h11-15H,5-10H2,1-4H3,(H2,19,20,21);1H. The first-order valence-corrected chi connectivity index (χ1v) is 9.17. The first-order valence-electron chi connectivity index (χ1n) is 9.17. The molecule has 24 heavy (non-hydrogen) atoms. The topological polar surface area (TPSA) is 54.9 Å². The molecule has 3 aliphatic carbocycles. The van der Waals surface area contributed by atoms with Crippen molar-refractivity contribution in [2.45, 2.75) is 70.2 Å². The third kappa shape index (κ3) is 2.50. The van der Waals surface area contributed by atoms with Crippen LogP contribution in [-0.2, 0) is 9.47 Å². The third-order valence-corrected chi connectivity index (χ3v) is 7.33. The lowest BCUT2D eigenvalue weighted by molar-refractivity contribution is -0.171. The van der Waals surface area contributed by atoms with Gasteiger partial charge in [0, 0.05) is 49.6 Å². The fourth-order valence-electron chi connectivity index (χ4n) is 5.47. The zero-order valence-electron chi connectivity index (χ0n) is 15.3. The Morgan fingerprint density at radius 1 is 1.25 bits per heavy atom. The molecule has 5 atom stereocenters. The number of nitrogens with zero attached hydrogens (tertiary/aromatic N) is 1. The molecule has 1 aliphatic heterocycles. The highest BCUT2D eigenvalue weighted by atomic mass is 127. The van der Waals surface area contributed by atoms with Gasteiger partial charge in [-0.25, -0.2) is 0 Å². The average molecular weight is 449 g/mol. The van der Waals surface area contributed by atoms with Crippen LogP contribution in [0.1, 0.15) is 46.0 Å². The summed E-state index contributed by atoms with van der Waals surface area (Å²) in [7, 11) is 3.69. The Kier molecular flexibility index (Phi) is 5.13. The molecule has 0 aromatic heterocycles. The van der Waals surface area contributed by atoms with Crippen LogP contribution in [0.3, 0.4) is 0 Å². The summed E-state index contributed by atoms with van der Waals surface area (Å²) in [4.78, 5) is 4.50. The lowest BCUT2D eigenvalue weighted by Gasteiger charge is -2.63. The van der Waals surface area contributed by atoms with Crippen LogP contribution in [0.2, 0.25) is 0 Å². The number of hydrogen-bond acceptors (Lipinski definition) is 3. The second kappa shape index (κ2) is 6.58. The van der Waals surface area contributed by atoms with Crippen LogP contribution >= 0.6 is 24.0 Å². The van der Waals surface area contributed by atoms with Crippen LogP contribution in [0, 0.1) is 16.7 Å². The molecule has 3 saturated carbocycles. The van der Waals surface area contributed by atoms with Gasteiger partial charge in [0.1, 0.15) is 0 Å². The molecule has 1 saturated heterocycles. The molecule has 1 spiro atoms. The maximum absolute atomic E-state index is 6.01. The van der Waals surface area contributed by atoms with Crippen molar-refractivity contribution in [3.63, 3.8) is 0 Å². The van der Waals surface area contributed by atoms with E-state index in [1.54, 1.807) is 0 Å². The quantitative estimate of drug-likeness (QED) is 0.395. The van der Waals surface area contributed by atoms with Gasteiger partial charge in [0.25, 0.3) is 0 Å². The average Bonchev–Trinajstić information content (AvgIpc) is 2.89. The van der Waals surface area contributed by atoms with E-state index in [1.165, 1.54) is 25.7 Å². The molecule has 4 aliphatic rings. The van der Waals surface area contributed by atoms with Gasteiger partial charge in [0.15, 0.2) is 5.96 Å². The largest absolute Gasteiger partial charge is 0.381 e. The van der Waals surface area contributed by atoms with E-state index in [0.717, 1.165) is 19.0 Å². The van der Waals surface area contributed by atoms with Crippen molar-refractivity contribution in [1.29, 1.82) is 0 Å². The van der Waals surface area contributed by atoms with E-state index in [-0.39, 0.29) is 29.4 Å². The van der Waals surface area contributed by atoms with Gasteiger partial charge >= 0.3 is 0 Å². The number of rotatable bonds is 3. The lowest BCUT2D eigenvalue weighted by Crippen LogP contribution is -2.73. The smallest absolute Gasteiger partial charge is 0.191 e.